The summed E-state index contributed by atoms with van der Waals surface area (Å²) < 4.78 is 5.16. The summed E-state index contributed by atoms with van der Waals surface area (Å²) in [5.41, 5.74) is 17.9. The predicted octanol–water partition coefficient (Wildman–Crippen LogP) is 19.1. The van der Waals surface area contributed by atoms with Crippen LogP contribution >= 0.6 is 22.7 Å². The van der Waals surface area contributed by atoms with Crippen molar-refractivity contribution in [3.05, 3.63) is 288 Å². The number of aromatic nitrogens is 6. The van der Waals surface area contributed by atoms with E-state index in [0.29, 0.717) is 34.9 Å². The van der Waals surface area contributed by atoms with Crippen LogP contribution in [0.1, 0.15) is 45.2 Å². The zero-order chi connectivity index (χ0) is 53.8. The Morgan fingerprint density at radius 2 is 0.500 bits per heavy atom. The van der Waals surface area contributed by atoms with Gasteiger partial charge in [0.1, 0.15) is 0 Å². The van der Waals surface area contributed by atoms with Crippen LogP contribution in [-0.2, 0) is 0 Å². The van der Waals surface area contributed by atoms with Gasteiger partial charge in [-0.15, -0.1) is 22.7 Å². The number of benzene rings is 11. The number of thiophene rings is 2. The molecule has 0 radical (unpaired) electrons. The first-order chi connectivity index (χ1) is 40.6. The average molecular weight is 1080 g/mol. The minimum Gasteiger partial charge on any atom is -0.208 e. The summed E-state index contributed by atoms with van der Waals surface area (Å²) in [5, 5.41) is 5.11. The highest BCUT2D eigenvalue weighted by Crippen LogP contribution is 2.57. The van der Waals surface area contributed by atoms with Gasteiger partial charge in [0.15, 0.2) is 34.9 Å². The molecule has 3 aliphatic carbocycles. The Morgan fingerprint density at radius 1 is 0.195 bits per heavy atom. The Balaban J connectivity index is 0.754. The molecule has 2 unspecified atom stereocenters. The van der Waals surface area contributed by atoms with Gasteiger partial charge < -0.3 is 0 Å². The van der Waals surface area contributed by atoms with Gasteiger partial charge in [-0.05, 0) is 116 Å². The summed E-state index contributed by atoms with van der Waals surface area (Å²) in [6.07, 6.45) is 0. The van der Waals surface area contributed by atoms with Crippen LogP contribution in [-0.4, -0.2) is 29.9 Å². The molecule has 6 nitrogen and oxygen atoms in total. The molecule has 15 aromatic rings. The third-order valence-electron chi connectivity index (χ3n) is 16.5. The maximum absolute atomic E-state index is 5.32. The molecule has 3 aliphatic rings. The Kier molecular flexibility index (Phi) is 10.7. The van der Waals surface area contributed by atoms with Crippen molar-refractivity contribution >= 4 is 63.0 Å². The fourth-order valence-corrected chi connectivity index (χ4v) is 14.9. The minimum absolute atomic E-state index is 0.00713. The molecule has 2 atom stereocenters. The SMILES string of the molecule is c1ccc(-c2nc(-c3cccc(-c4ccc5sc6ccccc6c5c4)c3)nc(-c3ccc4c(c3)C3c5ccccc5C4c4cc(-c5nc(-c6ccccc6)nc(-c6cccc(-c7ccc8sc9ccccc9c8c7)c6)n5)ccc43)n2)cc1. The lowest BCUT2D eigenvalue weighted by Crippen LogP contribution is -2.27. The predicted molar refractivity (Wildman–Crippen MR) is 337 cm³/mol. The lowest BCUT2D eigenvalue weighted by Gasteiger charge is -2.42. The van der Waals surface area contributed by atoms with Gasteiger partial charge in [-0.1, -0.05) is 194 Å². The van der Waals surface area contributed by atoms with E-state index in [4.69, 9.17) is 29.9 Å². The fraction of sp³-hybridized carbons (Fsp3) is 0.0270. The quantitative estimate of drug-likeness (QED) is 0.151. The highest BCUT2D eigenvalue weighted by Gasteiger charge is 2.41. The highest BCUT2D eigenvalue weighted by atomic mass is 32.1. The van der Waals surface area contributed by atoms with Crippen LogP contribution in [0.4, 0.5) is 0 Å². The van der Waals surface area contributed by atoms with Gasteiger partial charge >= 0.3 is 0 Å². The van der Waals surface area contributed by atoms with Crippen LogP contribution in [0.3, 0.4) is 0 Å². The summed E-state index contributed by atoms with van der Waals surface area (Å²) in [6.45, 7) is 0. The second-order valence-corrected chi connectivity index (χ2v) is 23.5. The first-order valence-corrected chi connectivity index (χ1v) is 29.3. The van der Waals surface area contributed by atoms with E-state index < -0.39 is 0 Å². The summed E-state index contributed by atoms with van der Waals surface area (Å²) >= 11 is 3.67. The van der Waals surface area contributed by atoms with E-state index in [1.54, 1.807) is 0 Å². The maximum Gasteiger partial charge on any atom is 0.164 e. The van der Waals surface area contributed by atoms with Crippen molar-refractivity contribution in [3.63, 3.8) is 0 Å². The van der Waals surface area contributed by atoms with Gasteiger partial charge in [0, 0.05) is 85.6 Å². The lowest BCUT2D eigenvalue weighted by atomic mass is 9.61. The average Bonchev–Trinajstić information content (AvgIpc) is 1.31. The molecule has 0 saturated carbocycles. The van der Waals surface area contributed by atoms with Crippen LogP contribution in [0.5, 0.6) is 0 Å². The molecule has 0 amide bonds. The van der Waals surface area contributed by atoms with Crippen LogP contribution < -0.4 is 0 Å². The van der Waals surface area contributed by atoms with E-state index in [-0.39, 0.29) is 11.8 Å². The van der Waals surface area contributed by atoms with Gasteiger partial charge in [0.2, 0.25) is 0 Å². The van der Waals surface area contributed by atoms with Gasteiger partial charge in [0.25, 0.3) is 0 Å². The summed E-state index contributed by atoms with van der Waals surface area (Å²) in [7, 11) is 0. The van der Waals surface area contributed by atoms with Crippen molar-refractivity contribution < 1.29 is 0 Å². The Labute approximate surface area is 480 Å². The number of nitrogens with zero attached hydrogens (tertiary/aromatic N) is 6. The number of fused-ring (bicyclic) bond motifs is 6. The van der Waals surface area contributed by atoms with Crippen molar-refractivity contribution in [2.24, 2.45) is 0 Å². The molecular formula is C74H44N6S2. The van der Waals surface area contributed by atoms with E-state index in [1.165, 1.54) is 73.7 Å². The molecular weight excluding hydrogens is 1040 g/mol. The summed E-state index contributed by atoms with van der Waals surface area (Å²) in [5.74, 6) is 3.78. The van der Waals surface area contributed by atoms with E-state index in [2.05, 4.69) is 218 Å². The molecule has 0 spiro atoms. The van der Waals surface area contributed by atoms with Gasteiger partial charge in [-0.2, -0.15) is 0 Å². The molecule has 82 heavy (non-hydrogen) atoms. The first-order valence-electron chi connectivity index (χ1n) is 27.6. The van der Waals surface area contributed by atoms with E-state index in [0.717, 1.165) is 55.6 Å². The smallest absolute Gasteiger partial charge is 0.164 e. The van der Waals surface area contributed by atoms with Crippen molar-refractivity contribution in [3.8, 4) is 90.6 Å². The third-order valence-corrected chi connectivity index (χ3v) is 18.9. The van der Waals surface area contributed by atoms with E-state index in [1.807, 2.05) is 59.1 Å². The lowest BCUT2D eigenvalue weighted by molar-refractivity contribution is 0.754. The molecule has 18 rings (SSSR count). The molecule has 382 valence electrons. The van der Waals surface area contributed by atoms with Gasteiger partial charge in [-0.25, -0.2) is 29.9 Å². The van der Waals surface area contributed by atoms with Crippen LogP contribution in [0.25, 0.3) is 131 Å². The molecule has 8 heteroatoms. The van der Waals surface area contributed by atoms with Crippen LogP contribution in [0.15, 0.2) is 255 Å². The fourth-order valence-electron chi connectivity index (χ4n) is 12.7. The number of hydrogen-bond acceptors (Lipinski definition) is 8. The second kappa shape index (κ2) is 18.7. The minimum atomic E-state index is -0.00713. The first kappa shape index (κ1) is 46.8. The van der Waals surface area contributed by atoms with Crippen molar-refractivity contribution in [2.45, 2.75) is 11.8 Å². The molecule has 0 aliphatic heterocycles. The topological polar surface area (TPSA) is 77.3 Å². The normalized spacial score (nSPS) is 14.1. The van der Waals surface area contributed by atoms with Crippen LogP contribution in [0, 0.1) is 0 Å². The molecule has 4 heterocycles. The maximum atomic E-state index is 5.32. The monoisotopic (exact) mass is 1080 g/mol. The summed E-state index contributed by atoms with van der Waals surface area (Å²) in [6, 6.07) is 91.2. The largest absolute Gasteiger partial charge is 0.208 e. The van der Waals surface area contributed by atoms with Gasteiger partial charge in [-0.3, -0.25) is 0 Å². The molecule has 4 aromatic heterocycles. The van der Waals surface area contributed by atoms with Gasteiger partial charge in [0.05, 0.1) is 0 Å². The van der Waals surface area contributed by atoms with E-state index in [9.17, 15) is 0 Å². The van der Waals surface area contributed by atoms with Crippen molar-refractivity contribution in [1.29, 1.82) is 0 Å². The molecule has 2 bridgehead atoms. The molecule has 0 N–H and O–H groups in total. The molecule has 11 aromatic carbocycles. The standard InChI is InChI=1S/C74H44N6S2/c1-3-15-43(16-4-1)69-75-71(49-21-13-19-45(37-49)47-31-35-65-59(39-47)53-23-9-11-27-63(53)81-65)79-73(77-69)51-29-33-57-61(41-51)67-55-25-7-8-26-56(55)68(57)62-42-52(30-34-58(62)67)74-78-70(44-17-5-2-6-18-44)76-72(80-74)50-22-14-20-46(38-50)48-32-36-66-60(40-48)54-24-10-12-28-64(54)82-66/h1-42,67-68H. The number of hydrogen-bond donors (Lipinski definition) is 0. The second-order valence-electron chi connectivity index (χ2n) is 21.3. The zero-order valence-electron chi connectivity index (χ0n) is 43.9. The van der Waals surface area contributed by atoms with Crippen molar-refractivity contribution in [2.75, 3.05) is 0 Å². The highest BCUT2D eigenvalue weighted by molar-refractivity contribution is 7.26. The number of rotatable bonds is 8. The Hall–Kier alpha value is -10.1. The molecule has 0 saturated heterocycles. The third kappa shape index (κ3) is 7.75. The Morgan fingerprint density at radius 3 is 0.939 bits per heavy atom. The molecule has 0 fully saturated rings. The summed E-state index contributed by atoms with van der Waals surface area (Å²) in [4.78, 5) is 31.5. The zero-order valence-corrected chi connectivity index (χ0v) is 45.5. The van der Waals surface area contributed by atoms with E-state index >= 15 is 0 Å². The Bertz CT molecular complexity index is 4770. The van der Waals surface area contributed by atoms with Crippen molar-refractivity contribution in [1.82, 2.24) is 29.9 Å². The van der Waals surface area contributed by atoms with Crippen LogP contribution in [0.2, 0.25) is 0 Å².